The first-order valence-corrected chi connectivity index (χ1v) is 9.19. The van der Waals surface area contributed by atoms with Gasteiger partial charge in [-0.05, 0) is 43.2 Å². The molecule has 0 saturated carbocycles. The second-order valence-electron chi connectivity index (χ2n) is 5.30. The van der Waals surface area contributed by atoms with Crippen LogP contribution in [0.1, 0.15) is 31.4 Å². The van der Waals surface area contributed by atoms with Gasteiger partial charge < -0.3 is 15.7 Å². The molecule has 1 aliphatic heterocycles. The van der Waals surface area contributed by atoms with Crippen molar-refractivity contribution >= 4 is 53.3 Å². The minimum Gasteiger partial charge on any atom is -0.386 e. The second kappa shape index (κ2) is 11.4. The normalized spacial score (nSPS) is 19.1. The first-order chi connectivity index (χ1) is 10.7. The molecule has 7 heteroatoms. The number of aliphatic imine (C=N–C) groups is 1. The van der Waals surface area contributed by atoms with E-state index in [2.05, 4.69) is 15.6 Å². The van der Waals surface area contributed by atoms with Gasteiger partial charge in [0.1, 0.15) is 0 Å². The summed E-state index contributed by atoms with van der Waals surface area (Å²) in [5, 5.41) is 18.1. The van der Waals surface area contributed by atoms with E-state index in [-0.39, 0.29) is 24.0 Å². The number of nitrogens with one attached hydrogen (secondary N) is 2. The van der Waals surface area contributed by atoms with Crippen LogP contribution >= 0.6 is 47.3 Å². The minimum atomic E-state index is -0.617. The van der Waals surface area contributed by atoms with Crippen LogP contribution in [0.2, 0.25) is 5.02 Å². The molecule has 130 valence electrons. The highest BCUT2D eigenvalue weighted by molar-refractivity contribution is 14.0. The van der Waals surface area contributed by atoms with Gasteiger partial charge in [-0.2, -0.15) is 11.8 Å². The number of benzene rings is 1. The van der Waals surface area contributed by atoms with E-state index < -0.39 is 6.10 Å². The Labute approximate surface area is 164 Å². The van der Waals surface area contributed by atoms with E-state index >= 15 is 0 Å². The number of thioether (sulfide) groups is 1. The van der Waals surface area contributed by atoms with Crippen LogP contribution in [0.3, 0.4) is 0 Å². The molecule has 2 rings (SSSR count). The van der Waals surface area contributed by atoms with Crippen LogP contribution in [0.5, 0.6) is 0 Å². The van der Waals surface area contributed by atoms with Gasteiger partial charge in [0.05, 0.1) is 12.6 Å². The quantitative estimate of drug-likeness (QED) is 0.339. The predicted octanol–water partition coefficient (Wildman–Crippen LogP) is 3.44. The Kier molecular flexibility index (Phi) is 10.3. The van der Waals surface area contributed by atoms with Crippen molar-refractivity contribution in [2.24, 2.45) is 4.99 Å². The number of hydrogen-bond acceptors (Lipinski definition) is 3. The van der Waals surface area contributed by atoms with Crippen molar-refractivity contribution in [1.82, 2.24) is 10.6 Å². The van der Waals surface area contributed by atoms with Crippen molar-refractivity contribution in [1.29, 1.82) is 0 Å². The number of halogens is 2. The first-order valence-electron chi connectivity index (χ1n) is 7.76. The molecule has 1 fully saturated rings. The summed E-state index contributed by atoms with van der Waals surface area (Å²) < 4.78 is 0. The molecule has 2 atom stereocenters. The van der Waals surface area contributed by atoms with E-state index in [1.54, 1.807) is 12.1 Å². The summed E-state index contributed by atoms with van der Waals surface area (Å²) in [4.78, 5) is 4.48. The molecule has 1 aliphatic rings. The maximum atomic E-state index is 10.2. The lowest BCUT2D eigenvalue weighted by Crippen LogP contribution is -2.40. The predicted molar refractivity (Wildman–Crippen MR) is 111 cm³/mol. The summed E-state index contributed by atoms with van der Waals surface area (Å²) in [6, 6.07) is 7.23. The summed E-state index contributed by atoms with van der Waals surface area (Å²) in [7, 11) is 0. The van der Waals surface area contributed by atoms with Crippen LogP contribution in [0.15, 0.2) is 29.3 Å². The molecule has 2 unspecified atom stereocenters. The number of rotatable bonds is 6. The average Bonchev–Trinajstić information content (AvgIpc) is 3.04. The van der Waals surface area contributed by atoms with Crippen LogP contribution in [-0.4, -0.2) is 41.7 Å². The van der Waals surface area contributed by atoms with Crippen molar-refractivity contribution in [3.63, 3.8) is 0 Å². The number of hydrogen-bond donors (Lipinski definition) is 3. The van der Waals surface area contributed by atoms with Crippen LogP contribution in [0.4, 0.5) is 0 Å². The van der Waals surface area contributed by atoms with Crippen molar-refractivity contribution in [3.8, 4) is 0 Å². The molecule has 0 radical (unpaired) electrons. The van der Waals surface area contributed by atoms with Crippen LogP contribution in [-0.2, 0) is 0 Å². The van der Waals surface area contributed by atoms with E-state index in [1.807, 2.05) is 30.8 Å². The highest BCUT2D eigenvalue weighted by Gasteiger charge is 2.15. The zero-order valence-corrected chi connectivity index (χ0v) is 17.2. The van der Waals surface area contributed by atoms with Gasteiger partial charge in [0, 0.05) is 23.4 Å². The largest absolute Gasteiger partial charge is 0.386 e. The molecule has 1 saturated heterocycles. The van der Waals surface area contributed by atoms with Crippen molar-refractivity contribution < 1.29 is 5.11 Å². The number of aliphatic hydroxyl groups excluding tert-OH is 1. The van der Waals surface area contributed by atoms with E-state index in [1.165, 1.54) is 18.6 Å². The Morgan fingerprint density at radius 3 is 2.74 bits per heavy atom. The zero-order valence-electron chi connectivity index (χ0n) is 13.3. The maximum absolute atomic E-state index is 10.2. The summed E-state index contributed by atoms with van der Waals surface area (Å²) in [5.74, 6) is 2.03. The summed E-state index contributed by atoms with van der Waals surface area (Å²) in [6.07, 6.45) is 1.96. The van der Waals surface area contributed by atoms with Gasteiger partial charge in [0.2, 0.25) is 0 Å². The molecule has 0 amide bonds. The monoisotopic (exact) mass is 469 g/mol. The molecule has 23 heavy (non-hydrogen) atoms. The smallest absolute Gasteiger partial charge is 0.191 e. The Morgan fingerprint density at radius 2 is 2.13 bits per heavy atom. The van der Waals surface area contributed by atoms with Crippen molar-refractivity contribution in [2.45, 2.75) is 31.1 Å². The molecule has 4 nitrogen and oxygen atoms in total. The molecule has 0 aromatic heterocycles. The molecular weight excluding hydrogens is 445 g/mol. The Bertz CT molecular complexity index is 481. The number of guanidine groups is 1. The zero-order chi connectivity index (χ0) is 15.8. The lowest BCUT2D eigenvalue weighted by Gasteiger charge is -2.15. The highest BCUT2D eigenvalue weighted by atomic mass is 127. The fraction of sp³-hybridized carbons (Fsp3) is 0.562. The van der Waals surface area contributed by atoms with Crippen LogP contribution in [0.25, 0.3) is 0 Å². The Balaban J connectivity index is 0.00000264. The first kappa shape index (κ1) is 20.9. The fourth-order valence-electron chi connectivity index (χ4n) is 2.33. The Morgan fingerprint density at radius 1 is 1.39 bits per heavy atom. The molecule has 3 N–H and O–H groups in total. The topological polar surface area (TPSA) is 56.7 Å². The summed E-state index contributed by atoms with van der Waals surface area (Å²) in [6.45, 7) is 4.10. The summed E-state index contributed by atoms with van der Waals surface area (Å²) in [5.41, 5.74) is 0.829. The van der Waals surface area contributed by atoms with Gasteiger partial charge in [-0.1, -0.05) is 23.7 Å². The Hall–Kier alpha value is -0.180. The molecular formula is C16H25ClIN3OS. The third-order valence-electron chi connectivity index (χ3n) is 3.54. The van der Waals surface area contributed by atoms with Gasteiger partial charge in [-0.25, -0.2) is 0 Å². The van der Waals surface area contributed by atoms with E-state index in [0.717, 1.165) is 24.6 Å². The van der Waals surface area contributed by atoms with E-state index in [0.29, 0.717) is 16.8 Å². The molecule has 0 spiro atoms. The third-order valence-corrected chi connectivity index (χ3v) is 5.19. The molecule has 1 aromatic rings. The molecule has 0 aliphatic carbocycles. The SMILES string of the molecule is CCNC(=NCC(O)c1ccc(Cl)cc1)NCC1CCCS1.I. The van der Waals surface area contributed by atoms with Gasteiger partial charge in [0.15, 0.2) is 5.96 Å². The molecule has 1 heterocycles. The highest BCUT2D eigenvalue weighted by Crippen LogP contribution is 2.25. The molecule has 1 aromatic carbocycles. The van der Waals surface area contributed by atoms with Crippen LogP contribution < -0.4 is 10.6 Å². The second-order valence-corrected chi connectivity index (χ2v) is 7.15. The van der Waals surface area contributed by atoms with E-state index in [4.69, 9.17) is 11.6 Å². The maximum Gasteiger partial charge on any atom is 0.191 e. The lowest BCUT2D eigenvalue weighted by molar-refractivity contribution is 0.187. The average molecular weight is 470 g/mol. The van der Waals surface area contributed by atoms with Crippen molar-refractivity contribution in [2.75, 3.05) is 25.4 Å². The summed E-state index contributed by atoms with van der Waals surface area (Å²) >= 11 is 7.88. The van der Waals surface area contributed by atoms with Gasteiger partial charge in [-0.3, -0.25) is 4.99 Å². The number of aliphatic hydroxyl groups is 1. The third kappa shape index (κ3) is 7.49. The van der Waals surface area contributed by atoms with Crippen molar-refractivity contribution in [3.05, 3.63) is 34.9 Å². The lowest BCUT2D eigenvalue weighted by atomic mass is 10.1. The minimum absolute atomic E-state index is 0. The number of nitrogens with zero attached hydrogens (tertiary/aromatic N) is 1. The van der Waals surface area contributed by atoms with Gasteiger partial charge >= 0.3 is 0 Å². The van der Waals surface area contributed by atoms with Crippen LogP contribution in [0, 0.1) is 0 Å². The molecule has 0 bridgehead atoms. The fourth-order valence-corrected chi connectivity index (χ4v) is 3.65. The van der Waals surface area contributed by atoms with E-state index in [9.17, 15) is 5.11 Å². The van der Waals surface area contributed by atoms with Gasteiger partial charge in [-0.15, -0.1) is 24.0 Å². The standard InChI is InChI=1S/C16H24ClN3OS.HI/c1-2-18-16(19-10-14-4-3-9-22-14)20-11-15(21)12-5-7-13(17)8-6-12;/h5-8,14-15,21H,2-4,9-11H2,1H3,(H2,18,19,20);1H. The van der Waals surface area contributed by atoms with Gasteiger partial charge in [0.25, 0.3) is 0 Å².